The third-order valence-electron chi connectivity index (χ3n) is 3.41. The number of amides is 1. The molecule has 0 spiro atoms. The first-order valence-electron chi connectivity index (χ1n) is 7.25. The Hall–Kier alpha value is -2.25. The Morgan fingerprint density at radius 2 is 1.81 bits per heavy atom. The Labute approximate surface area is 157 Å². The highest BCUT2D eigenvalue weighted by atomic mass is 35.5. The number of phenolic OH excluding ortho intramolecular Hbond substituents is 1. The van der Waals surface area contributed by atoms with Crippen LogP contribution >= 0.6 is 23.2 Å². The standard InChI is InChI=1S/C17H13Cl2F3N2O2/c1-9(13-7-12(18)8-14(19)16(13)26)23-24-15(25)6-10-2-4-11(5-3-10)17(20,21)22/h2-5,7-8,26H,6H2,1H3,(H,24,25)/b23-9+. The monoisotopic (exact) mass is 404 g/mol. The van der Waals surface area contributed by atoms with Crippen molar-refractivity contribution in [3.8, 4) is 5.75 Å². The summed E-state index contributed by atoms with van der Waals surface area (Å²) in [6.45, 7) is 1.53. The van der Waals surface area contributed by atoms with E-state index in [9.17, 15) is 23.1 Å². The lowest BCUT2D eigenvalue weighted by atomic mass is 10.1. The molecule has 2 rings (SSSR count). The van der Waals surface area contributed by atoms with Gasteiger partial charge in [-0.05, 0) is 36.8 Å². The van der Waals surface area contributed by atoms with Crippen LogP contribution in [0.25, 0.3) is 0 Å². The average Bonchev–Trinajstić information content (AvgIpc) is 2.55. The number of carbonyl (C=O) groups excluding carboxylic acids is 1. The molecule has 0 atom stereocenters. The fraction of sp³-hybridized carbons (Fsp3) is 0.176. The van der Waals surface area contributed by atoms with Gasteiger partial charge in [0, 0.05) is 10.6 Å². The fourth-order valence-corrected chi connectivity index (χ4v) is 2.58. The predicted molar refractivity (Wildman–Crippen MR) is 93.6 cm³/mol. The van der Waals surface area contributed by atoms with Crippen molar-refractivity contribution in [2.24, 2.45) is 5.10 Å². The van der Waals surface area contributed by atoms with E-state index in [-0.39, 0.29) is 33.5 Å². The number of hydrazone groups is 1. The van der Waals surface area contributed by atoms with Crippen LogP contribution in [0.2, 0.25) is 10.0 Å². The van der Waals surface area contributed by atoms with Gasteiger partial charge in [0.2, 0.25) is 5.91 Å². The number of phenols is 1. The van der Waals surface area contributed by atoms with Crippen LogP contribution < -0.4 is 5.43 Å². The van der Waals surface area contributed by atoms with Gasteiger partial charge >= 0.3 is 6.18 Å². The first-order valence-corrected chi connectivity index (χ1v) is 8.01. The molecule has 2 N–H and O–H groups in total. The first kappa shape index (κ1) is 20.1. The number of rotatable bonds is 4. The van der Waals surface area contributed by atoms with Crippen molar-refractivity contribution >= 4 is 34.8 Å². The summed E-state index contributed by atoms with van der Waals surface area (Å²) in [5, 5.41) is 14.1. The number of nitrogens with zero attached hydrogens (tertiary/aromatic N) is 1. The van der Waals surface area contributed by atoms with Gasteiger partial charge in [0.25, 0.3) is 0 Å². The van der Waals surface area contributed by atoms with Crippen molar-refractivity contribution in [1.29, 1.82) is 0 Å². The summed E-state index contributed by atoms with van der Waals surface area (Å²) in [5.41, 5.74) is 2.39. The van der Waals surface area contributed by atoms with Gasteiger partial charge in [-0.2, -0.15) is 18.3 Å². The van der Waals surface area contributed by atoms with Gasteiger partial charge in [-0.1, -0.05) is 35.3 Å². The lowest BCUT2D eigenvalue weighted by molar-refractivity contribution is -0.137. The highest BCUT2D eigenvalue weighted by Gasteiger charge is 2.29. The van der Waals surface area contributed by atoms with Gasteiger partial charge in [0.1, 0.15) is 5.75 Å². The minimum Gasteiger partial charge on any atom is -0.506 e. The molecule has 0 aromatic heterocycles. The van der Waals surface area contributed by atoms with Crippen molar-refractivity contribution < 1.29 is 23.1 Å². The normalized spacial score (nSPS) is 12.2. The number of aromatic hydroxyl groups is 1. The minimum absolute atomic E-state index is 0.0399. The number of alkyl halides is 3. The van der Waals surface area contributed by atoms with E-state index in [0.29, 0.717) is 5.56 Å². The van der Waals surface area contributed by atoms with E-state index in [1.807, 2.05) is 0 Å². The molecular weight excluding hydrogens is 392 g/mol. The summed E-state index contributed by atoms with van der Waals surface area (Å²) < 4.78 is 37.5. The summed E-state index contributed by atoms with van der Waals surface area (Å²) in [7, 11) is 0. The second-order valence-corrected chi connectivity index (χ2v) is 6.23. The molecule has 4 nitrogen and oxygen atoms in total. The van der Waals surface area contributed by atoms with Crippen LogP contribution in [0.5, 0.6) is 5.75 Å². The minimum atomic E-state index is -4.43. The second kappa shape index (κ2) is 7.97. The zero-order valence-electron chi connectivity index (χ0n) is 13.4. The van der Waals surface area contributed by atoms with Crippen LogP contribution in [0.1, 0.15) is 23.6 Å². The van der Waals surface area contributed by atoms with Crippen molar-refractivity contribution in [3.63, 3.8) is 0 Å². The summed E-state index contributed by atoms with van der Waals surface area (Å²) >= 11 is 11.7. The smallest absolute Gasteiger partial charge is 0.416 e. The molecule has 0 radical (unpaired) electrons. The number of benzene rings is 2. The van der Waals surface area contributed by atoms with Crippen molar-refractivity contribution in [2.75, 3.05) is 0 Å². The topological polar surface area (TPSA) is 61.7 Å². The maximum atomic E-state index is 12.5. The number of hydrogen-bond donors (Lipinski definition) is 2. The van der Waals surface area contributed by atoms with Gasteiger partial charge < -0.3 is 5.11 Å². The highest BCUT2D eigenvalue weighted by Crippen LogP contribution is 2.31. The summed E-state index contributed by atoms with van der Waals surface area (Å²) in [5.74, 6) is -0.758. The van der Waals surface area contributed by atoms with Crippen molar-refractivity contribution in [1.82, 2.24) is 5.43 Å². The van der Waals surface area contributed by atoms with E-state index in [1.165, 1.54) is 31.2 Å². The Kier molecular flexibility index (Phi) is 6.15. The zero-order chi connectivity index (χ0) is 19.5. The summed E-state index contributed by atoms with van der Waals surface area (Å²) in [6, 6.07) is 7.05. The fourth-order valence-electron chi connectivity index (χ4n) is 2.08. The molecule has 0 saturated heterocycles. The number of hydrogen-bond acceptors (Lipinski definition) is 3. The van der Waals surface area contributed by atoms with E-state index in [1.54, 1.807) is 0 Å². The summed E-state index contributed by atoms with van der Waals surface area (Å²) in [4.78, 5) is 11.9. The van der Waals surface area contributed by atoms with E-state index in [4.69, 9.17) is 23.2 Å². The second-order valence-electron chi connectivity index (χ2n) is 5.39. The molecule has 1 amide bonds. The van der Waals surface area contributed by atoms with E-state index in [2.05, 4.69) is 10.5 Å². The van der Waals surface area contributed by atoms with Crippen LogP contribution in [0.3, 0.4) is 0 Å². The molecule has 2 aromatic carbocycles. The van der Waals surface area contributed by atoms with Crippen LogP contribution in [0.15, 0.2) is 41.5 Å². The predicted octanol–water partition coefficient (Wildman–Crippen LogP) is 4.80. The maximum absolute atomic E-state index is 12.5. The third-order valence-corrected chi connectivity index (χ3v) is 3.92. The molecule has 2 aromatic rings. The van der Waals surface area contributed by atoms with Crippen LogP contribution in [0.4, 0.5) is 13.2 Å². The quantitative estimate of drug-likeness (QED) is 0.567. The van der Waals surface area contributed by atoms with E-state index >= 15 is 0 Å². The lowest BCUT2D eigenvalue weighted by Crippen LogP contribution is -2.21. The molecule has 0 aliphatic rings. The number of nitrogens with one attached hydrogen (secondary N) is 1. The molecule has 0 bridgehead atoms. The average molecular weight is 405 g/mol. The van der Waals surface area contributed by atoms with Crippen molar-refractivity contribution in [3.05, 3.63) is 63.1 Å². The van der Waals surface area contributed by atoms with Gasteiger partial charge in [0.05, 0.1) is 22.7 Å². The third kappa shape index (κ3) is 5.12. The largest absolute Gasteiger partial charge is 0.506 e. The van der Waals surface area contributed by atoms with E-state index in [0.717, 1.165) is 12.1 Å². The zero-order valence-corrected chi connectivity index (χ0v) is 14.9. The molecular formula is C17H13Cl2F3N2O2. The highest BCUT2D eigenvalue weighted by molar-refractivity contribution is 6.36. The molecule has 0 fully saturated rings. The SMILES string of the molecule is C/C(=N\NC(=O)Cc1ccc(C(F)(F)F)cc1)c1cc(Cl)cc(Cl)c1O. The maximum Gasteiger partial charge on any atom is 0.416 e. The summed E-state index contributed by atoms with van der Waals surface area (Å²) in [6.07, 6.45) is -4.58. The van der Waals surface area contributed by atoms with Crippen LogP contribution in [-0.4, -0.2) is 16.7 Å². The van der Waals surface area contributed by atoms with Gasteiger partial charge in [0.15, 0.2) is 0 Å². The molecule has 0 unspecified atom stereocenters. The van der Waals surface area contributed by atoms with Crippen molar-refractivity contribution in [2.45, 2.75) is 19.5 Å². The molecule has 0 aliphatic carbocycles. The Balaban J connectivity index is 2.05. The van der Waals surface area contributed by atoms with Crippen LogP contribution in [0, 0.1) is 0 Å². The number of halogens is 5. The molecule has 0 aliphatic heterocycles. The Bertz CT molecular complexity index is 850. The van der Waals surface area contributed by atoms with Gasteiger partial charge in [-0.15, -0.1) is 0 Å². The molecule has 9 heteroatoms. The molecule has 0 heterocycles. The first-order chi connectivity index (χ1) is 12.1. The Morgan fingerprint density at radius 1 is 1.19 bits per heavy atom. The Morgan fingerprint density at radius 3 is 2.38 bits per heavy atom. The molecule has 138 valence electrons. The van der Waals surface area contributed by atoms with Gasteiger partial charge in [-0.3, -0.25) is 4.79 Å². The van der Waals surface area contributed by atoms with E-state index < -0.39 is 17.6 Å². The van der Waals surface area contributed by atoms with Gasteiger partial charge in [-0.25, -0.2) is 5.43 Å². The lowest BCUT2D eigenvalue weighted by Gasteiger charge is -2.08. The number of carbonyl (C=O) groups is 1. The molecule has 0 saturated carbocycles. The van der Waals surface area contributed by atoms with Crippen LogP contribution in [-0.2, 0) is 17.4 Å². The molecule has 26 heavy (non-hydrogen) atoms.